The Morgan fingerprint density at radius 1 is 0.939 bits per heavy atom. The van der Waals surface area contributed by atoms with Crippen LogP contribution in [0.4, 0.5) is 14.5 Å². The largest absolute Gasteiger partial charge is 0.490 e. The van der Waals surface area contributed by atoms with E-state index in [0.29, 0.717) is 39.0 Å². The fourth-order valence-electron chi connectivity index (χ4n) is 4.75. The number of benzene rings is 2. The van der Waals surface area contributed by atoms with Gasteiger partial charge in [-0.25, -0.2) is 14.3 Å². The summed E-state index contributed by atoms with van der Waals surface area (Å²) in [4.78, 5) is 29.7. The molecular formula is C24H27F2N3O4. The number of nitrogens with one attached hydrogen (secondary N) is 1. The Hall–Kier alpha value is -3.20. The SMILES string of the molecule is O=C(NO)[C@H]1CC(Oc2cc(F)cc(F)c2)CCC1C(=O)N1CCN(c2ccccc2)CC1. The molecule has 2 aliphatic rings. The highest BCUT2D eigenvalue weighted by Gasteiger charge is 2.42. The molecule has 2 amide bonds. The topological polar surface area (TPSA) is 82.1 Å². The molecule has 1 aliphatic carbocycles. The van der Waals surface area contributed by atoms with E-state index in [-0.39, 0.29) is 18.1 Å². The van der Waals surface area contributed by atoms with E-state index in [1.54, 1.807) is 10.4 Å². The van der Waals surface area contributed by atoms with E-state index in [1.807, 2.05) is 30.3 Å². The Morgan fingerprint density at radius 2 is 1.61 bits per heavy atom. The molecule has 1 heterocycles. The summed E-state index contributed by atoms with van der Waals surface area (Å²) >= 11 is 0. The van der Waals surface area contributed by atoms with Crippen molar-refractivity contribution < 1.29 is 28.3 Å². The molecule has 2 aromatic rings. The normalized spacial score (nSPS) is 23.2. The molecule has 1 aliphatic heterocycles. The second-order valence-corrected chi connectivity index (χ2v) is 8.49. The zero-order valence-corrected chi connectivity index (χ0v) is 18.1. The monoisotopic (exact) mass is 459 g/mol. The van der Waals surface area contributed by atoms with Gasteiger partial charge in [-0.1, -0.05) is 18.2 Å². The molecule has 33 heavy (non-hydrogen) atoms. The van der Waals surface area contributed by atoms with Crippen molar-refractivity contribution in [2.45, 2.75) is 25.4 Å². The molecule has 2 fully saturated rings. The molecule has 2 aromatic carbocycles. The van der Waals surface area contributed by atoms with Crippen LogP contribution in [0.25, 0.3) is 0 Å². The predicted molar refractivity (Wildman–Crippen MR) is 117 cm³/mol. The minimum atomic E-state index is -0.799. The number of hydroxylamine groups is 1. The molecule has 0 spiro atoms. The Balaban J connectivity index is 1.39. The first-order valence-electron chi connectivity index (χ1n) is 11.1. The van der Waals surface area contributed by atoms with Gasteiger partial charge in [-0.3, -0.25) is 14.8 Å². The van der Waals surface area contributed by atoms with Gasteiger partial charge in [-0.15, -0.1) is 0 Å². The van der Waals surface area contributed by atoms with Crippen LogP contribution in [0.5, 0.6) is 5.75 Å². The van der Waals surface area contributed by atoms with Gasteiger partial charge >= 0.3 is 0 Å². The first-order chi connectivity index (χ1) is 15.9. The fourth-order valence-corrected chi connectivity index (χ4v) is 4.75. The average Bonchev–Trinajstić information content (AvgIpc) is 2.83. The summed E-state index contributed by atoms with van der Waals surface area (Å²) in [6.07, 6.45) is 0.476. The number of halogens is 2. The number of piperazine rings is 1. The van der Waals surface area contributed by atoms with Crippen LogP contribution in [0, 0.1) is 23.5 Å². The predicted octanol–water partition coefficient (Wildman–Crippen LogP) is 2.98. The highest BCUT2D eigenvalue weighted by atomic mass is 19.1. The third kappa shape index (κ3) is 5.42. The van der Waals surface area contributed by atoms with Gasteiger partial charge in [-0.05, 0) is 31.4 Å². The number of carbonyl (C=O) groups excluding carboxylic acids is 2. The summed E-state index contributed by atoms with van der Waals surface area (Å²) < 4.78 is 32.7. The van der Waals surface area contributed by atoms with E-state index in [2.05, 4.69) is 4.90 Å². The highest BCUT2D eigenvalue weighted by molar-refractivity contribution is 5.87. The van der Waals surface area contributed by atoms with Gasteiger partial charge in [0.05, 0.1) is 17.9 Å². The Bertz CT molecular complexity index is 963. The maximum absolute atomic E-state index is 13.5. The minimum absolute atomic E-state index is 0.0301. The van der Waals surface area contributed by atoms with Crippen molar-refractivity contribution in [3.05, 3.63) is 60.2 Å². The number of carbonyl (C=O) groups is 2. The van der Waals surface area contributed by atoms with Crippen LogP contribution >= 0.6 is 0 Å². The molecule has 1 saturated heterocycles. The summed E-state index contributed by atoms with van der Waals surface area (Å²) in [5.74, 6) is -3.65. The highest BCUT2D eigenvalue weighted by Crippen LogP contribution is 2.35. The molecule has 2 N–H and O–H groups in total. The van der Waals surface area contributed by atoms with E-state index in [1.165, 1.54) is 0 Å². The van der Waals surface area contributed by atoms with Crippen molar-refractivity contribution in [3.8, 4) is 5.75 Å². The van der Waals surface area contributed by atoms with Crippen LogP contribution in [0.1, 0.15) is 19.3 Å². The lowest BCUT2D eigenvalue weighted by atomic mass is 9.76. The van der Waals surface area contributed by atoms with Crippen molar-refractivity contribution in [2.75, 3.05) is 31.1 Å². The summed E-state index contributed by atoms with van der Waals surface area (Å²) in [5.41, 5.74) is 2.77. The van der Waals surface area contributed by atoms with Gasteiger partial charge in [0.15, 0.2) is 0 Å². The summed E-state index contributed by atoms with van der Waals surface area (Å²) in [5, 5.41) is 9.24. The fraction of sp³-hybridized carbons (Fsp3) is 0.417. The molecule has 1 saturated carbocycles. The summed E-state index contributed by atoms with van der Waals surface area (Å²) in [6, 6.07) is 12.9. The summed E-state index contributed by atoms with van der Waals surface area (Å²) in [6.45, 7) is 2.47. The van der Waals surface area contributed by atoms with Crippen LogP contribution in [-0.2, 0) is 9.59 Å². The first kappa shape index (κ1) is 23.0. The molecule has 0 aromatic heterocycles. The number of rotatable bonds is 5. The molecule has 9 heteroatoms. The smallest absolute Gasteiger partial charge is 0.247 e. The lowest BCUT2D eigenvalue weighted by Crippen LogP contribution is -2.53. The van der Waals surface area contributed by atoms with Crippen LogP contribution < -0.4 is 15.1 Å². The average molecular weight is 459 g/mol. The zero-order valence-electron chi connectivity index (χ0n) is 18.1. The molecular weight excluding hydrogens is 432 g/mol. The third-order valence-corrected chi connectivity index (χ3v) is 6.42. The van der Waals surface area contributed by atoms with Crippen LogP contribution in [0.3, 0.4) is 0 Å². The van der Waals surface area contributed by atoms with E-state index >= 15 is 0 Å². The van der Waals surface area contributed by atoms with Crippen molar-refractivity contribution >= 4 is 17.5 Å². The molecule has 2 unspecified atom stereocenters. The molecule has 3 atom stereocenters. The van der Waals surface area contributed by atoms with Crippen LogP contribution in [0.2, 0.25) is 0 Å². The second kappa shape index (κ2) is 10.2. The third-order valence-electron chi connectivity index (χ3n) is 6.42. The number of para-hydroxylation sites is 1. The molecule has 0 bridgehead atoms. The van der Waals surface area contributed by atoms with Crippen molar-refractivity contribution in [2.24, 2.45) is 11.8 Å². The Labute approximate surface area is 190 Å². The Kier molecular flexibility index (Phi) is 7.08. The number of ether oxygens (including phenoxy) is 1. The lowest BCUT2D eigenvalue weighted by molar-refractivity contribution is -0.148. The maximum atomic E-state index is 13.5. The number of hydrogen-bond donors (Lipinski definition) is 2. The van der Waals surface area contributed by atoms with E-state index in [9.17, 15) is 23.6 Å². The van der Waals surface area contributed by atoms with Gasteiger partial charge < -0.3 is 14.5 Å². The van der Waals surface area contributed by atoms with Crippen molar-refractivity contribution in [1.29, 1.82) is 0 Å². The van der Waals surface area contributed by atoms with Crippen molar-refractivity contribution in [1.82, 2.24) is 10.4 Å². The van der Waals surface area contributed by atoms with Gasteiger partial charge in [0, 0.05) is 50.1 Å². The lowest BCUT2D eigenvalue weighted by Gasteiger charge is -2.40. The molecule has 7 nitrogen and oxygen atoms in total. The minimum Gasteiger partial charge on any atom is -0.490 e. The van der Waals surface area contributed by atoms with Gasteiger partial charge in [0.1, 0.15) is 17.4 Å². The summed E-state index contributed by atoms with van der Waals surface area (Å²) in [7, 11) is 0. The van der Waals surface area contributed by atoms with E-state index in [4.69, 9.17) is 4.74 Å². The second-order valence-electron chi connectivity index (χ2n) is 8.49. The standard InChI is InChI=1S/C24H27F2N3O4/c25-16-12-17(26)14-20(13-16)33-19-6-7-21(22(15-19)23(30)27-32)24(31)29-10-8-28(9-11-29)18-4-2-1-3-5-18/h1-5,12-14,19,21-22,32H,6-11,15H2,(H,27,30)/t19?,21?,22-/m0/s1. The van der Waals surface area contributed by atoms with Gasteiger partial charge in [0.25, 0.3) is 0 Å². The molecule has 0 radical (unpaired) electrons. The number of amides is 2. The number of hydrogen-bond acceptors (Lipinski definition) is 5. The first-order valence-corrected chi connectivity index (χ1v) is 11.1. The van der Waals surface area contributed by atoms with Crippen LogP contribution in [0.15, 0.2) is 48.5 Å². The molecule has 4 rings (SSSR count). The van der Waals surface area contributed by atoms with Crippen molar-refractivity contribution in [3.63, 3.8) is 0 Å². The quantitative estimate of drug-likeness (QED) is 0.531. The molecule has 176 valence electrons. The van der Waals surface area contributed by atoms with Crippen LogP contribution in [-0.4, -0.2) is 54.2 Å². The van der Waals surface area contributed by atoms with Gasteiger partial charge in [-0.2, -0.15) is 0 Å². The number of nitrogens with zero attached hydrogens (tertiary/aromatic N) is 2. The van der Waals surface area contributed by atoms with Gasteiger partial charge in [0.2, 0.25) is 11.8 Å². The maximum Gasteiger partial charge on any atom is 0.247 e. The Morgan fingerprint density at radius 3 is 2.24 bits per heavy atom. The van der Waals surface area contributed by atoms with E-state index in [0.717, 1.165) is 23.9 Å². The van der Waals surface area contributed by atoms with E-state index < -0.39 is 35.5 Å². The zero-order chi connectivity index (χ0) is 23.4. The number of anilines is 1.